The Morgan fingerprint density at radius 1 is 1.62 bits per heavy atom. The van der Waals surface area contributed by atoms with E-state index in [1.807, 2.05) is 14.0 Å². The lowest BCUT2D eigenvalue weighted by Gasteiger charge is -2.07. The average Bonchev–Trinajstić information content (AvgIpc) is 2.49. The van der Waals surface area contributed by atoms with Gasteiger partial charge in [0.05, 0.1) is 0 Å². The molecule has 0 saturated heterocycles. The van der Waals surface area contributed by atoms with Gasteiger partial charge in [-0.05, 0) is 26.4 Å². The monoisotopic (exact) mass is 200 g/mol. The number of aryl methyl sites for hydroxylation is 1. The standard InChI is InChI=1S/C8H16N4S/c1-6(4-9-3)5-13-8-10-7(2)11-12-8/h6,9H,4-5H2,1-3H3,(H,10,11,12). The van der Waals surface area contributed by atoms with Gasteiger partial charge in [0, 0.05) is 5.75 Å². The van der Waals surface area contributed by atoms with E-state index in [2.05, 4.69) is 27.4 Å². The van der Waals surface area contributed by atoms with Crippen LogP contribution in [0.25, 0.3) is 0 Å². The minimum absolute atomic E-state index is 0.647. The minimum Gasteiger partial charge on any atom is -0.319 e. The number of H-pyrrole nitrogens is 1. The molecule has 1 unspecified atom stereocenters. The van der Waals surface area contributed by atoms with Gasteiger partial charge in [-0.3, -0.25) is 5.10 Å². The molecule has 0 spiro atoms. The zero-order valence-electron chi connectivity index (χ0n) is 8.29. The van der Waals surface area contributed by atoms with Crippen LogP contribution in [0.15, 0.2) is 5.16 Å². The Labute approximate surface area is 82.9 Å². The summed E-state index contributed by atoms with van der Waals surface area (Å²) in [5, 5.41) is 10.9. The molecule has 13 heavy (non-hydrogen) atoms. The second-order valence-electron chi connectivity index (χ2n) is 3.18. The molecule has 1 heterocycles. The van der Waals surface area contributed by atoms with Gasteiger partial charge in [-0.1, -0.05) is 18.7 Å². The van der Waals surface area contributed by atoms with Crippen LogP contribution in [0.3, 0.4) is 0 Å². The molecule has 0 aliphatic carbocycles. The number of rotatable bonds is 5. The highest BCUT2D eigenvalue weighted by Gasteiger charge is 2.04. The average molecular weight is 200 g/mol. The fraction of sp³-hybridized carbons (Fsp3) is 0.750. The highest BCUT2D eigenvalue weighted by atomic mass is 32.2. The SMILES string of the molecule is CNCC(C)CSc1n[nH]c(C)n1. The molecule has 0 aliphatic heterocycles. The summed E-state index contributed by atoms with van der Waals surface area (Å²) in [7, 11) is 1.97. The van der Waals surface area contributed by atoms with Gasteiger partial charge >= 0.3 is 0 Å². The van der Waals surface area contributed by atoms with Crippen molar-refractivity contribution in [3.05, 3.63) is 5.82 Å². The highest BCUT2D eigenvalue weighted by Crippen LogP contribution is 2.15. The van der Waals surface area contributed by atoms with Crippen LogP contribution in [0.4, 0.5) is 0 Å². The summed E-state index contributed by atoms with van der Waals surface area (Å²) in [6, 6.07) is 0. The molecule has 0 bridgehead atoms. The maximum absolute atomic E-state index is 4.22. The van der Waals surface area contributed by atoms with Crippen LogP contribution in [0.1, 0.15) is 12.7 Å². The molecule has 0 fully saturated rings. The lowest BCUT2D eigenvalue weighted by atomic mass is 10.2. The highest BCUT2D eigenvalue weighted by molar-refractivity contribution is 7.99. The number of hydrogen-bond donors (Lipinski definition) is 2. The summed E-state index contributed by atoms with van der Waals surface area (Å²) < 4.78 is 0. The van der Waals surface area contributed by atoms with Crippen molar-refractivity contribution >= 4 is 11.8 Å². The van der Waals surface area contributed by atoms with Gasteiger partial charge < -0.3 is 5.32 Å². The Kier molecular flexibility index (Phi) is 4.24. The molecule has 1 aromatic rings. The van der Waals surface area contributed by atoms with Crippen molar-refractivity contribution in [2.24, 2.45) is 5.92 Å². The van der Waals surface area contributed by atoms with Gasteiger partial charge in [0.25, 0.3) is 0 Å². The summed E-state index contributed by atoms with van der Waals surface area (Å²) in [4.78, 5) is 4.22. The number of aromatic nitrogens is 3. The van der Waals surface area contributed by atoms with E-state index in [4.69, 9.17) is 0 Å². The predicted molar refractivity (Wildman–Crippen MR) is 54.9 cm³/mol. The fourth-order valence-electron chi connectivity index (χ4n) is 1.01. The minimum atomic E-state index is 0.647. The molecule has 5 heteroatoms. The fourth-order valence-corrected chi connectivity index (χ4v) is 1.87. The van der Waals surface area contributed by atoms with Crippen LogP contribution in [0.5, 0.6) is 0 Å². The topological polar surface area (TPSA) is 53.6 Å². The summed E-state index contributed by atoms with van der Waals surface area (Å²) in [5.41, 5.74) is 0. The maximum Gasteiger partial charge on any atom is 0.208 e. The van der Waals surface area contributed by atoms with Crippen LogP contribution in [0.2, 0.25) is 0 Å². The molecule has 0 aliphatic rings. The van der Waals surface area contributed by atoms with Gasteiger partial charge in [-0.15, -0.1) is 5.10 Å². The molecule has 4 nitrogen and oxygen atoms in total. The molecule has 1 aromatic heterocycles. The molecular formula is C8H16N4S. The summed E-state index contributed by atoms with van der Waals surface area (Å²) >= 11 is 1.70. The Bertz CT molecular complexity index is 248. The number of nitrogens with one attached hydrogen (secondary N) is 2. The summed E-state index contributed by atoms with van der Waals surface area (Å²) in [6.07, 6.45) is 0. The molecule has 2 N–H and O–H groups in total. The van der Waals surface area contributed by atoms with E-state index in [1.54, 1.807) is 11.8 Å². The first-order valence-electron chi connectivity index (χ1n) is 4.38. The van der Waals surface area contributed by atoms with Crippen molar-refractivity contribution in [1.29, 1.82) is 0 Å². The van der Waals surface area contributed by atoms with E-state index in [-0.39, 0.29) is 0 Å². The normalized spacial score (nSPS) is 13.2. The quantitative estimate of drug-likeness (QED) is 0.698. The second-order valence-corrected chi connectivity index (χ2v) is 4.16. The Balaban J connectivity index is 2.26. The van der Waals surface area contributed by atoms with Crippen LogP contribution >= 0.6 is 11.8 Å². The van der Waals surface area contributed by atoms with Gasteiger partial charge in [0.2, 0.25) is 5.16 Å². The summed E-state index contributed by atoms with van der Waals surface area (Å²) in [6.45, 7) is 5.16. The van der Waals surface area contributed by atoms with Gasteiger partial charge in [-0.25, -0.2) is 4.98 Å². The summed E-state index contributed by atoms with van der Waals surface area (Å²) in [5.74, 6) is 2.58. The molecule has 0 saturated carbocycles. The third kappa shape index (κ3) is 3.78. The third-order valence-electron chi connectivity index (χ3n) is 1.63. The van der Waals surface area contributed by atoms with Crippen molar-refractivity contribution in [2.45, 2.75) is 19.0 Å². The van der Waals surface area contributed by atoms with Gasteiger partial charge in [0.15, 0.2) is 0 Å². The molecule has 1 atom stereocenters. The largest absolute Gasteiger partial charge is 0.319 e. The van der Waals surface area contributed by atoms with E-state index in [0.717, 1.165) is 23.3 Å². The number of thioether (sulfide) groups is 1. The Hall–Kier alpha value is -0.550. The third-order valence-corrected chi connectivity index (χ3v) is 2.80. The van der Waals surface area contributed by atoms with E-state index in [0.29, 0.717) is 5.92 Å². The number of hydrogen-bond acceptors (Lipinski definition) is 4. The van der Waals surface area contributed by atoms with Crippen molar-refractivity contribution in [3.8, 4) is 0 Å². The first kappa shape index (κ1) is 10.5. The molecule has 74 valence electrons. The van der Waals surface area contributed by atoms with E-state index < -0.39 is 0 Å². The molecule has 0 aromatic carbocycles. The number of aromatic amines is 1. The lowest BCUT2D eigenvalue weighted by Crippen LogP contribution is -2.17. The predicted octanol–water partition coefficient (Wildman–Crippen LogP) is 1.06. The van der Waals surface area contributed by atoms with Crippen molar-refractivity contribution < 1.29 is 0 Å². The van der Waals surface area contributed by atoms with E-state index in [1.165, 1.54) is 0 Å². The first-order chi connectivity index (χ1) is 6.22. The van der Waals surface area contributed by atoms with Crippen molar-refractivity contribution in [2.75, 3.05) is 19.3 Å². The van der Waals surface area contributed by atoms with E-state index in [9.17, 15) is 0 Å². The number of nitrogens with zero attached hydrogens (tertiary/aromatic N) is 2. The molecule has 0 amide bonds. The lowest BCUT2D eigenvalue weighted by molar-refractivity contribution is 0.603. The van der Waals surface area contributed by atoms with E-state index >= 15 is 0 Å². The molecule has 0 radical (unpaired) electrons. The zero-order chi connectivity index (χ0) is 9.68. The molecular weight excluding hydrogens is 184 g/mol. The second kappa shape index (κ2) is 5.24. The van der Waals surface area contributed by atoms with Crippen molar-refractivity contribution in [3.63, 3.8) is 0 Å². The smallest absolute Gasteiger partial charge is 0.208 e. The van der Waals surface area contributed by atoms with Crippen LogP contribution < -0.4 is 5.32 Å². The van der Waals surface area contributed by atoms with Gasteiger partial charge in [-0.2, -0.15) is 0 Å². The van der Waals surface area contributed by atoms with Crippen LogP contribution in [-0.2, 0) is 0 Å². The van der Waals surface area contributed by atoms with Crippen LogP contribution in [-0.4, -0.2) is 34.5 Å². The van der Waals surface area contributed by atoms with Crippen LogP contribution in [0, 0.1) is 12.8 Å². The van der Waals surface area contributed by atoms with Gasteiger partial charge in [0.1, 0.15) is 5.82 Å². The molecule has 1 rings (SSSR count). The first-order valence-corrected chi connectivity index (χ1v) is 5.37. The zero-order valence-corrected chi connectivity index (χ0v) is 9.11. The maximum atomic E-state index is 4.22. The van der Waals surface area contributed by atoms with Crippen molar-refractivity contribution in [1.82, 2.24) is 20.5 Å². The Morgan fingerprint density at radius 2 is 2.38 bits per heavy atom. The Morgan fingerprint density at radius 3 is 2.92 bits per heavy atom.